The molecule has 40 heavy (non-hydrogen) atoms. The van der Waals surface area contributed by atoms with E-state index in [1.54, 1.807) is 6.07 Å². The summed E-state index contributed by atoms with van der Waals surface area (Å²) < 4.78 is 38.0. The van der Waals surface area contributed by atoms with Crippen molar-refractivity contribution in [3.8, 4) is 5.75 Å². The van der Waals surface area contributed by atoms with Gasteiger partial charge in [-0.1, -0.05) is 33.8 Å². The molecule has 9 atom stereocenters. The van der Waals surface area contributed by atoms with Gasteiger partial charge in [0.2, 0.25) is 0 Å². The van der Waals surface area contributed by atoms with E-state index in [2.05, 4.69) is 27.7 Å². The fourth-order valence-electron chi connectivity index (χ4n) is 9.40. The zero-order chi connectivity index (χ0) is 28.6. The number of benzene rings is 1. The van der Waals surface area contributed by atoms with Crippen LogP contribution in [-0.2, 0) is 30.3 Å². The third-order valence-corrected chi connectivity index (χ3v) is 11.7. The number of carbonyl (C=O) groups is 2. The molecule has 4 fully saturated rings. The predicted octanol–water partition coefficient (Wildman–Crippen LogP) is 3.28. The number of hydrogen-bond acceptors (Lipinski definition) is 8. The highest BCUT2D eigenvalue weighted by atomic mass is 19.1. The minimum Gasteiger partial charge on any atom is -0.479 e. The molecule has 1 unspecified atom stereocenters. The average molecular weight is 558 g/mol. The first-order valence-corrected chi connectivity index (χ1v) is 14.7. The number of aliphatic hydroxyl groups excluding tert-OH is 1. The van der Waals surface area contributed by atoms with E-state index in [0.29, 0.717) is 31.2 Å². The van der Waals surface area contributed by atoms with Crippen LogP contribution in [0.1, 0.15) is 78.2 Å². The molecule has 1 aromatic carbocycles. The summed E-state index contributed by atoms with van der Waals surface area (Å²) in [6.07, 6.45) is 3.44. The third kappa shape index (κ3) is 4.03. The van der Waals surface area contributed by atoms with Crippen molar-refractivity contribution in [3.63, 3.8) is 0 Å². The summed E-state index contributed by atoms with van der Waals surface area (Å²) in [5.74, 6) is -1.58. The lowest BCUT2D eigenvalue weighted by Crippen LogP contribution is -2.65. The molecule has 8 nitrogen and oxygen atoms in total. The lowest BCUT2D eigenvalue weighted by atomic mass is 9.43. The second-order valence-corrected chi connectivity index (χ2v) is 13.6. The number of ether oxygens (including phenoxy) is 3. The SMILES string of the molecule is C[C@@H]1CC[C@@]23CCC(O)[C@H]2[C@]1(C)[C@H](OC(=O)COc1ccc2c(c1F)B(O)OC2)C[C@@]1(C)CCC(=O)O[C@H]1[C@@H]3C. The molecule has 5 aliphatic rings. The molecule has 0 radical (unpaired) electrons. The van der Waals surface area contributed by atoms with E-state index in [1.165, 1.54) is 6.07 Å². The maximum Gasteiger partial charge on any atom is 0.494 e. The van der Waals surface area contributed by atoms with E-state index < -0.39 is 48.5 Å². The molecule has 1 aromatic rings. The zero-order valence-corrected chi connectivity index (χ0v) is 23.8. The Bertz CT molecular complexity index is 1210. The summed E-state index contributed by atoms with van der Waals surface area (Å²) in [6.45, 7) is 8.28. The van der Waals surface area contributed by atoms with Gasteiger partial charge in [-0.05, 0) is 73.3 Å². The van der Waals surface area contributed by atoms with Gasteiger partial charge in [-0.2, -0.15) is 0 Å². The molecule has 6 rings (SSSR count). The van der Waals surface area contributed by atoms with Gasteiger partial charge in [-0.25, -0.2) is 9.18 Å². The van der Waals surface area contributed by atoms with E-state index in [9.17, 15) is 19.7 Å². The lowest BCUT2D eigenvalue weighted by molar-refractivity contribution is -0.238. The summed E-state index contributed by atoms with van der Waals surface area (Å²) in [5.41, 5.74) is -0.556. The smallest absolute Gasteiger partial charge is 0.479 e. The second-order valence-electron chi connectivity index (χ2n) is 13.6. The van der Waals surface area contributed by atoms with Crippen molar-refractivity contribution in [1.82, 2.24) is 0 Å². The first kappa shape index (κ1) is 28.0. The Morgan fingerprint density at radius 1 is 1.20 bits per heavy atom. The molecular formula is C30H40BFO8. The van der Waals surface area contributed by atoms with Gasteiger partial charge in [-0.3, -0.25) is 4.79 Å². The van der Waals surface area contributed by atoms with Crippen molar-refractivity contribution in [1.29, 1.82) is 0 Å². The summed E-state index contributed by atoms with van der Waals surface area (Å²) in [4.78, 5) is 25.9. The first-order chi connectivity index (χ1) is 18.9. The minimum absolute atomic E-state index is 0.0286. The van der Waals surface area contributed by atoms with Crippen molar-refractivity contribution in [3.05, 3.63) is 23.5 Å². The molecule has 2 bridgehead atoms. The van der Waals surface area contributed by atoms with Crippen LogP contribution in [0.25, 0.3) is 0 Å². The highest BCUT2D eigenvalue weighted by molar-refractivity contribution is 6.61. The largest absolute Gasteiger partial charge is 0.494 e. The Labute approximate surface area is 235 Å². The topological polar surface area (TPSA) is 112 Å². The molecule has 10 heteroatoms. The van der Waals surface area contributed by atoms with Crippen LogP contribution in [0.3, 0.4) is 0 Å². The summed E-state index contributed by atoms with van der Waals surface area (Å²) in [6, 6.07) is 3.04. The minimum atomic E-state index is -1.37. The van der Waals surface area contributed by atoms with Crippen LogP contribution in [0.15, 0.2) is 12.1 Å². The molecule has 2 heterocycles. The molecule has 0 spiro atoms. The van der Waals surface area contributed by atoms with E-state index in [-0.39, 0.29) is 53.1 Å². The number of carbonyl (C=O) groups excluding carboxylic acids is 2. The van der Waals surface area contributed by atoms with Gasteiger partial charge in [0.05, 0.1) is 12.7 Å². The second kappa shape index (κ2) is 9.70. The molecular weight excluding hydrogens is 518 g/mol. The average Bonchev–Trinajstić information content (AvgIpc) is 3.47. The van der Waals surface area contributed by atoms with Crippen LogP contribution in [0, 0.1) is 39.8 Å². The van der Waals surface area contributed by atoms with Gasteiger partial charge in [0, 0.05) is 22.7 Å². The number of esters is 2. The number of aliphatic hydroxyl groups is 1. The van der Waals surface area contributed by atoms with Crippen molar-refractivity contribution < 1.29 is 43.0 Å². The van der Waals surface area contributed by atoms with E-state index in [4.69, 9.17) is 18.9 Å². The van der Waals surface area contributed by atoms with Gasteiger partial charge >= 0.3 is 19.1 Å². The van der Waals surface area contributed by atoms with Crippen LogP contribution in [0.2, 0.25) is 0 Å². The van der Waals surface area contributed by atoms with Gasteiger partial charge < -0.3 is 29.0 Å². The lowest BCUT2D eigenvalue weighted by Gasteiger charge is -2.64. The molecule has 3 saturated carbocycles. The number of rotatable bonds is 4. The van der Waals surface area contributed by atoms with Crippen LogP contribution in [0.5, 0.6) is 5.75 Å². The first-order valence-electron chi connectivity index (χ1n) is 14.7. The molecule has 3 aliphatic carbocycles. The predicted molar refractivity (Wildman–Crippen MR) is 143 cm³/mol. The van der Waals surface area contributed by atoms with Crippen molar-refractivity contribution in [2.75, 3.05) is 6.61 Å². The molecule has 218 valence electrons. The van der Waals surface area contributed by atoms with E-state index in [1.807, 2.05) is 0 Å². The maximum atomic E-state index is 15.0. The zero-order valence-electron chi connectivity index (χ0n) is 23.8. The van der Waals surface area contributed by atoms with Crippen molar-refractivity contribution >= 4 is 24.5 Å². The quantitative estimate of drug-likeness (QED) is 0.428. The van der Waals surface area contributed by atoms with E-state index >= 15 is 4.39 Å². The Hall–Kier alpha value is -2.17. The fourth-order valence-corrected chi connectivity index (χ4v) is 9.40. The van der Waals surface area contributed by atoms with E-state index in [0.717, 1.165) is 19.3 Å². The Morgan fingerprint density at radius 2 is 1.95 bits per heavy atom. The highest BCUT2D eigenvalue weighted by Gasteiger charge is 2.69. The summed E-state index contributed by atoms with van der Waals surface area (Å²) in [5, 5.41) is 21.4. The Kier molecular flexibility index (Phi) is 6.78. The number of halogens is 1. The van der Waals surface area contributed by atoms with Crippen molar-refractivity contribution in [2.45, 2.75) is 97.6 Å². The number of fused-ring (bicyclic) bond motifs is 2. The maximum absolute atomic E-state index is 15.0. The van der Waals surface area contributed by atoms with Crippen molar-refractivity contribution in [2.24, 2.45) is 34.0 Å². The summed E-state index contributed by atoms with van der Waals surface area (Å²) >= 11 is 0. The Morgan fingerprint density at radius 3 is 2.73 bits per heavy atom. The molecule has 1 saturated heterocycles. The third-order valence-electron chi connectivity index (χ3n) is 11.7. The van der Waals surface area contributed by atoms with Gasteiger partial charge in [-0.15, -0.1) is 0 Å². The fraction of sp³-hybridized carbons (Fsp3) is 0.733. The standard InChI is InChI=1S/C30H40BFO8/c1-16-7-11-30-12-8-19(33)26(30)29(16,4)21(13-28(3)10-9-22(34)40-27(28)17(30)2)39-23(35)15-37-20-6-5-18-14-38-31(36)24(18)25(20)32/h5-6,16-17,19,21,26-27,33,36H,7-15H2,1-4H3/t16-,17+,19?,21-,26+,27+,28-,29+,30+/m1/s1. The highest BCUT2D eigenvalue weighted by Crippen LogP contribution is 2.69. The van der Waals surface area contributed by atoms with Gasteiger partial charge in [0.15, 0.2) is 18.2 Å². The van der Waals surface area contributed by atoms with Crippen LogP contribution in [0.4, 0.5) is 4.39 Å². The molecule has 2 N–H and O–H groups in total. The summed E-state index contributed by atoms with van der Waals surface area (Å²) in [7, 11) is -1.37. The number of hydrogen-bond donors (Lipinski definition) is 2. The molecule has 0 amide bonds. The van der Waals surface area contributed by atoms with Gasteiger partial charge in [0.25, 0.3) is 0 Å². The normalized spacial score (nSPS) is 42.2. The van der Waals surface area contributed by atoms with Crippen LogP contribution in [-0.4, -0.2) is 54.1 Å². The van der Waals surface area contributed by atoms with Crippen LogP contribution >= 0.6 is 0 Å². The Balaban J connectivity index is 1.31. The molecule has 0 aromatic heterocycles. The van der Waals surface area contributed by atoms with Crippen LogP contribution < -0.4 is 10.2 Å². The molecule has 2 aliphatic heterocycles. The monoisotopic (exact) mass is 558 g/mol. The van der Waals surface area contributed by atoms with Gasteiger partial charge in [0.1, 0.15) is 12.2 Å².